The van der Waals surface area contributed by atoms with E-state index in [1.165, 1.54) is 6.92 Å². The van der Waals surface area contributed by atoms with Crippen molar-refractivity contribution in [1.82, 2.24) is 15.0 Å². The van der Waals surface area contributed by atoms with Gasteiger partial charge in [0.15, 0.2) is 11.6 Å². The van der Waals surface area contributed by atoms with Crippen LogP contribution in [0.15, 0.2) is 28.8 Å². The van der Waals surface area contributed by atoms with Gasteiger partial charge in [0.1, 0.15) is 0 Å². The van der Waals surface area contributed by atoms with Crippen molar-refractivity contribution in [3.8, 4) is 0 Å². The highest BCUT2D eigenvalue weighted by Gasteiger charge is 2.51. The van der Waals surface area contributed by atoms with Gasteiger partial charge in [-0.1, -0.05) is 5.16 Å². The van der Waals surface area contributed by atoms with Gasteiger partial charge < -0.3 is 19.5 Å². The van der Waals surface area contributed by atoms with Crippen molar-refractivity contribution in [2.75, 3.05) is 31.6 Å². The van der Waals surface area contributed by atoms with Crippen LogP contribution in [0.2, 0.25) is 0 Å². The van der Waals surface area contributed by atoms with Crippen molar-refractivity contribution in [2.45, 2.75) is 32.6 Å². The topological polar surface area (TPSA) is 97.6 Å². The second kappa shape index (κ2) is 7.35. The molecule has 0 radical (unpaired) electrons. The van der Waals surface area contributed by atoms with E-state index in [1.807, 2.05) is 4.90 Å². The predicted molar refractivity (Wildman–Crippen MR) is 101 cm³/mol. The summed E-state index contributed by atoms with van der Waals surface area (Å²) in [5.74, 6) is 1.20. The number of anilines is 1. The number of hydrogen-bond donors (Lipinski definition) is 1. The lowest BCUT2D eigenvalue weighted by Crippen LogP contribution is -2.38. The maximum Gasteiger partial charge on any atom is 0.321 e. The summed E-state index contributed by atoms with van der Waals surface area (Å²) in [6.07, 6.45) is 1.71. The smallest absolute Gasteiger partial charge is 0.321 e. The van der Waals surface area contributed by atoms with Crippen LogP contribution in [-0.2, 0) is 4.74 Å². The summed E-state index contributed by atoms with van der Waals surface area (Å²) in [6, 6.07) is 6.75. The number of amides is 2. The highest BCUT2D eigenvalue weighted by molar-refractivity contribution is 5.95. The van der Waals surface area contributed by atoms with Crippen LogP contribution < -0.4 is 5.32 Å². The molecular weight excluding hydrogens is 360 g/mol. The first-order valence-electron chi connectivity index (χ1n) is 9.52. The molecule has 0 bridgehead atoms. The number of ketones is 1. The molecule has 2 fully saturated rings. The van der Waals surface area contributed by atoms with Crippen LogP contribution in [0.3, 0.4) is 0 Å². The minimum Gasteiger partial charge on any atom is -0.381 e. The van der Waals surface area contributed by atoms with Gasteiger partial charge in [0, 0.05) is 43.0 Å². The first kappa shape index (κ1) is 18.6. The molecule has 8 heteroatoms. The number of likely N-dealkylation sites (tertiary alicyclic amines) is 1. The summed E-state index contributed by atoms with van der Waals surface area (Å²) < 4.78 is 11.0. The molecule has 2 saturated heterocycles. The van der Waals surface area contributed by atoms with E-state index >= 15 is 0 Å². The summed E-state index contributed by atoms with van der Waals surface area (Å²) in [5.41, 5.74) is 1.17. The number of ether oxygens (including phenoxy) is 1. The van der Waals surface area contributed by atoms with Gasteiger partial charge in [-0.25, -0.2) is 4.79 Å². The Morgan fingerprint density at radius 1 is 1.21 bits per heavy atom. The van der Waals surface area contributed by atoms with Crippen molar-refractivity contribution in [2.24, 2.45) is 5.41 Å². The van der Waals surface area contributed by atoms with Crippen molar-refractivity contribution in [3.05, 3.63) is 41.5 Å². The summed E-state index contributed by atoms with van der Waals surface area (Å²) in [4.78, 5) is 30.5. The van der Waals surface area contributed by atoms with Crippen LogP contribution >= 0.6 is 0 Å². The first-order chi connectivity index (χ1) is 13.5. The molecule has 148 valence electrons. The third-order valence-electron chi connectivity index (χ3n) is 5.81. The fourth-order valence-electron chi connectivity index (χ4n) is 4.19. The molecule has 1 spiro atoms. The van der Waals surface area contributed by atoms with Crippen molar-refractivity contribution < 1.29 is 18.8 Å². The number of carbonyl (C=O) groups excluding carboxylic acids is 2. The highest BCUT2D eigenvalue weighted by Crippen LogP contribution is 2.49. The number of benzene rings is 1. The van der Waals surface area contributed by atoms with Gasteiger partial charge in [-0.15, -0.1) is 0 Å². The van der Waals surface area contributed by atoms with E-state index < -0.39 is 0 Å². The van der Waals surface area contributed by atoms with Gasteiger partial charge >= 0.3 is 6.03 Å². The van der Waals surface area contributed by atoms with Gasteiger partial charge in [-0.05, 0) is 51.0 Å². The number of carbonyl (C=O) groups is 2. The van der Waals surface area contributed by atoms with E-state index in [1.54, 1.807) is 31.2 Å². The SMILES string of the molecule is CC(=O)c1ccc(NC(=O)N2CC(c3nc(C)no3)C3(CCOCC3)C2)cc1. The predicted octanol–water partition coefficient (Wildman–Crippen LogP) is 3.01. The summed E-state index contributed by atoms with van der Waals surface area (Å²) in [7, 11) is 0. The fraction of sp³-hybridized carbons (Fsp3) is 0.500. The average Bonchev–Trinajstić information content (AvgIpc) is 3.27. The van der Waals surface area contributed by atoms with Crippen molar-refractivity contribution >= 4 is 17.5 Å². The van der Waals surface area contributed by atoms with Gasteiger partial charge in [0.2, 0.25) is 5.89 Å². The molecule has 2 aromatic rings. The number of aryl methyl sites for hydroxylation is 1. The lowest BCUT2D eigenvalue weighted by atomic mass is 9.72. The van der Waals surface area contributed by atoms with Gasteiger partial charge in [-0.3, -0.25) is 4.79 Å². The Hall–Kier alpha value is -2.74. The molecule has 1 aromatic carbocycles. The molecule has 2 amide bonds. The van der Waals surface area contributed by atoms with Gasteiger partial charge in [0.25, 0.3) is 0 Å². The molecule has 28 heavy (non-hydrogen) atoms. The van der Waals surface area contributed by atoms with E-state index in [9.17, 15) is 9.59 Å². The average molecular weight is 384 g/mol. The van der Waals surface area contributed by atoms with Crippen LogP contribution in [0.1, 0.15) is 47.8 Å². The molecule has 2 aliphatic heterocycles. The Kier molecular flexibility index (Phi) is 4.89. The monoisotopic (exact) mass is 384 g/mol. The van der Waals surface area contributed by atoms with Crippen molar-refractivity contribution in [1.29, 1.82) is 0 Å². The minimum absolute atomic E-state index is 0.00317. The number of hydrogen-bond acceptors (Lipinski definition) is 6. The number of urea groups is 1. The number of rotatable bonds is 3. The lowest BCUT2D eigenvalue weighted by Gasteiger charge is -2.36. The van der Waals surface area contributed by atoms with Crippen LogP contribution in [0.4, 0.5) is 10.5 Å². The largest absolute Gasteiger partial charge is 0.381 e. The molecule has 2 aliphatic rings. The molecule has 1 atom stereocenters. The molecule has 1 N–H and O–H groups in total. The Morgan fingerprint density at radius 3 is 2.54 bits per heavy atom. The normalized spacial score (nSPS) is 21.1. The number of nitrogens with zero attached hydrogens (tertiary/aromatic N) is 3. The quantitative estimate of drug-likeness (QED) is 0.817. The van der Waals surface area contributed by atoms with E-state index in [2.05, 4.69) is 15.5 Å². The number of nitrogens with one attached hydrogen (secondary N) is 1. The maximum absolute atomic E-state index is 12.9. The van der Waals surface area contributed by atoms with Crippen LogP contribution in [-0.4, -0.2) is 53.2 Å². The van der Waals surface area contributed by atoms with E-state index in [0.29, 0.717) is 49.3 Å². The van der Waals surface area contributed by atoms with Crippen LogP contribution in [0.5, 0.6) is 0 Å². The molecule has 8 nitrogen and oxygen atoms in total. The summed E-state index contributed by atoms with van der Waals surface area (Å²) in [5, 5.41) is 6.86. The number of Topliss-reactive ketones (excluding diaryl/α,β-unsaturated/α-hetero) is 1. The lowest BCUT2D eigenvalue weighted by molar-refractivity contribution is 0.00959. The maximum atomic E-state index is 12.9. The molecular formula is C20H24N4O4. The number of aromatic nitrogens is 2. The third-order valence-corrected chi connectivity index (χ3v) is 5.81. The second-order valence-electron chi connectivity index (χ2n) is 7.65. The third kappa shape index (κ3) is 3.52. The van der Waals surface area contributed by atoms with Gasteiger partial charge in [-0.2, -0.15) is 4.98 Å². The zero-order valence-electron chi connectivity index (χ0n) is 16.1. The fourth-order valence-corrected chi connectivity index (χ4v) is 4.19. The zero-order chi connectivity index (χ0) is 19.7. The molecule has 0 saturated carbocycles. The standard InChI is InChI=1S/C20H24N4O4/c1-13(25)15-3-5-16(6-4-15)22-19(26)24-11-17(18-21-14(2)23-28-18)20(12-24)7-9-27-10-8-20/h3-6,17H,7-12H2,1-2H3,(H,22,26). The van der Waals surface area contributed by atoms with E-state index in [4.69, 9.17) is 9.26 Å². The summed E-state index contributed by atoms with van der Waals surface area (Å²) in [6.45, 7) is 5.81. The molecule has 0 aliphatic carbocycles. The zero-order valence-corrected chi connectivity index (χ0v) is 16.1. The molecule has 4 rings (SSSR count). The van der Waals surface area contributed by atoms with Crippen LogP contribution in [0.25, 0.3) is 0 Å². The Morgan fingerprint density at radius 2 is 1.93 bits per heavy atom. The Labute approximate surface area is 163 Å². The summed E-state index contributed by atoms with van der Waals surface area (Å²) >= 11 is 0. The van der Waals surface area contributed by atoms with E-state index in [0.717, 1.165) is 12.8 Å². The van der Waals surface area contributed by atoms with Gasteiger partial charge in [0.05, 0.1) is 5.92 Å². The first-order valence-corrected chi connectivity index (χ1v) is 9.52. The second-order valence-corrected chi connectivity index (χ2v) is 7.65. The Balaban J connectivity index is 1.51. The van der Waals surface area contributed by atoms with E-state index in [-0.39, 0.29) is 23.1 Å². The molecule has 1 unspecified atom stereocenters. The Bertz CT molecular complexity index is 871. The molecule has 3 heterocycles. The minimum atomic E-state index is -0.167. The van der Waals surface area contributed by atoms with Crippen molar-refractivity contribution in [3.63, 3.8) is 0 Å². The highest BCUT2D eigenvalue weighted by atomic mass is 16.5. The molecule has 1 aromatic heterocycles. The van der Waals surface area contributed by atoms with Crippen LogP contribution in [0, 0.1) is 12.3 Å².